The van der Waals surface area contributed by atoms with Crippen LogP contribution in [0.15, 0.2) is 59.7 Å². The molecule has 0 saturated carbocycles. The summed E-state index contributed by atoms with van der Waals surface area (Å²) in [4.78, 5) is 12.2. The molecule has 0 bridgehead atoms. The smallest absolute Gasteiger partial charge is 0.251 e. The first-order chi connectivity index (χ1) is 11.6. The van der Waals surface area contributed by atoms with E-state index in [9.17, 15) is 9.90 Å². The first-order valence-corrected chi connectivity index (χ1v) is 8.06. The van der Waals surface area contributed by atoms with E-state index >= 15 is 0 Å². The first kappa shape index (κ1) is 16.2. The molecule has 1 atom stereocenters. The molecular formula is C19H21N3O2. The maximum atomic E-state index is 12.2. The predicted octanol–water partition coefficient (Wildman–Crippen LogP) is 2.74. The summed E-state index contributed by atoms with van der Waals surface area (Å²) in [5.74, 6) is -0.197. The molecule has 124 valence electrons. The zero-order valence-corrected chi connectivity index (χ0v) is 13.6. The van der Waals surface area contributed by atoms with E-state index in [1.165, 1.54) is 0 Å². The monoisotopic (exact) mass is 323 g/mol. The van der Waals surface area contributed by atoms with Gasteiger partial charge in [-0.3, -0.25) is 9.80 Å². The zero-order valence-electron chi connectivity index (χ0n) is 13.6. The lowest BCUT2D eigenvalue weighted by atomic mass is 10.1. The van der Waals surface area contributed by atoms with Crippen molar-refractivity contribution in [3.8, 4) is 0 Å². The number of nitrogens with zero attached hydrogens (tertiary/aromatic N) is 2. The molecule has 0 spiro atoms. The van der Waals surface area contributed by atoms with Gasteiger partial charge in [-0.25, -0.2) is 0 Å². The van der Waals surface area contributed by atoms with Crippen LogP contribution < -0.4 is 10.3 Å². The number of aliphatic hydroxyl groups is 1. The molecule has 2 aromatic carbocycles. The summed E-state index contributed by atoms with van der Waals surface area (Å²) >= 11 is 0. The highest BCUT2D eigenvalue weighted by molar-refractivity contribution is 5.94. The third kappa shape index (κ3) is 3.81. The Balaban J connectivity index is 1.57. The fraction of sp³-hybridized carbons (Fsp3) is 0.263. The Morgan fingerprint density at radius 1 is 1.21 bits per heavy atom. The number of hydrogen-bond acceptors (Lipinski definition) is 4. The van der Waals surface area contributed by atoms with E-state index in [1.807, 2.05) is 54.4 Å². The molecule has 2 aromatic rings. The minimum absolute atomic E-state index is 0.181. The van der Waals surface area contributed by atoms with Crippen molar-refractivity contribution in [1.82, 2.24) is 5.32 Å². The number of rotatable bonds is 5. The van der Waals surface area contributed by atoms with Crippen molar-refractivity contribution in [2.75, 3.05) is 18.1 Å². The minimum Gasteiger partial charge on any atom is -0.387 e. The summed E-state index contributed by atoms with van der Waals surface area (Å²) in [7, 11) is 0. The molecule has 0 aliphatic carbocycles. The Kier molecular flexibility index (Phi) is 4.91. The maximum absolute atomic E-state index is 12.2. The number of amides is 1. The van der Waals surface area contributed by atoms with Crippen LogP contribution in [0.5, 0.6) is 0 Å². The summed E-state index contributed by atoms with van der Waals surface area (Å²) in [5.41, 5.74) is 3.45. The number of aliphatic hydroxyl groups excluding tert-OH is 1. The van der Waals surface area contributed by atoms with Crippen molar-refractivity contribution < 1.29 is 9.90 Å². The summed E-state index contributed by atoms with van der Waals surface area (Å²) < 4.78 is 0. The van der Waals surface area contributed by atoms with Crippen LogP contribution in [0.2, 0.25) is 0 Å². The number of carbonyl (C=O) groups is 1. The summed E-state index contributed by atoms with van der Waals surface area (Å²) in [6, 6.07) is 16.6. The van der Waals surface area contributed by atoms with Gasteiger partial charge in [-0.05, 0) is 36.8 Å². The number of hydrogen-bond donors (Lipinski definition) is 2. The minimum atomic E-state index is -0.712. The Morgan fingerprint density at radius 3 is 2.54 bits per heavy atom. The third-order valence-electron chi connectivity index (χ3n) is 4.04. The number of anilines is 1. The van der Waals surface area contributed by atoms with Crippen molar-refractivity contribution in [3.63, 3.8) is 0 Å². The van der Waals surface area contributed by atoms with E-state index in [2.05, 4.69) is 10.4 Å². The van der Waals surface area contributed by atoms with Gasteiger partial charge in [0.1, 0.15) is 0 Å². The fourth-order valence-corrected chi connectivity index (χ4v) is 2.63. The Hall–Kier alpha value is -2.66. The highest BCUT2D eigenvalue weighted by Crippen LogP contribution is 2.20. The van der Waals surface area contributed by atoms with Gasteiger partial charge in [0.05, 0.1) is 11.8 Å². The van der Waals surface area contributed by atoms with Crippen molar-refractivity contribution in [2.24, 2.45) is 5.10 Å². The van der Waals surface area contributed by atoms with Crippen LogP contribution in [0.25, 0.3) is 0 Å². The largest absolute Gasteiger partial charge is 0.387 e. The molecule has 0 aromatic heterocycles. The SMILES string of the molecule is CC1=NN(c2ccc(C(=O)NCC(O)c3ccccc3)cc2)CC1. The molecule has 5 heteroatoms. The second-order valence-corrected chi connectivity index (χ2v) is 5.89. The van der Waals surface area contributed by atoms with Crippen LogP contribution in [0, 0.1) is 0 Å². The number of hydrazone groups is 1. The maximum Gasteiger partial charge on any atom is 0.251 e. The Labute approximate surface area is 141 Å². The number of nitrogens with one attached hydrogen (secondary N) is 1. The summed E-state index contributed by atoms with van der Waals surface area (Å²) in [5, 5.41) is 19.2. The highest BCUT2D eigenvalue weighted by atomic mass is 16.3. The molecule has 1 unspecified atom stereocenters. The molecule has 1 amide bonds. The van der Waals surface area contributed by atoms with Gasteiger partial charge in [0.25, 0.3) is 5.91 Å². The van der Waals surface area contributed by atoms with Gasteiger partial charge in [-0.2, -0.15) is 5.10 Å². The molecule has 2 N–H and O–H groups in total. The third-order valence-corrected chi connectivity index (χ3v) is 4.04. The second kappa shape index (κ2) is 7.27. The van der Waals surface area contributed by atoms with Crippen molar-refractivity contribution in [2.45, 2.75) is 19.4 Å². The lowest BCUT2D eigenvalue weighted by Gasteiger charge is -2.15. The lowest BCUT2D eigenvalue weighted by Crippen LogP contribution is -2.28. The molecule has 24 heavy (non-hydrogen) atoms. The van der Waals surface area contributed by atoms with Crippen molar-refractivity contribution in [1.29, 1.82) is 0 Å². The Morgan fingerprint density at radius 2 is 1.92 bits per heavy atom. The van der Waals surface area contributed by atoms with Crippen LogP contribution in [-0.4, -0.2) is 29.8 Å². The average molecular weight is 323 g/mol. The number of benzene rings is 2. The van der Waals surface area contributed by atoms with E-state index < -0.39 is 6.10 Å². The average Bonchev–Trinajstić information content (AvgIpc) is 3.06. The van der Waals surface area contributed by atoms with Gasteiger partial charge in [-0.1, -0.05) is 30.3 Å². The standard InChI is InChI=1S/C19H21N3O2/c1-14-11-12-22(21-14)17-9-7-16(8-10-17)19(24)20-13-18(23)15-5-3-2-4-6-15/h2-10,18,23H,11-13H2,1H3,(H,20,24). The van der Waals surface area contributed by atoms with Gasteiger partial charge >= 0.3 is 0 Å². The topological polar surface area (TPSA) is 64.9 Å². The second-order valence-electron chi connectivity index (χ2n) is 5.89. The van der Waals surface area contributed by atoms with Gasteiger partial charge in [-0.15, -0.1) is 0 Å². The predicted molar refractivity (Wildman–Crippen MR) is 95.2 cm³/mol. The normalized spacial score (nSPS) is 15.1. The van der Waals surface area contributed by atoms with Crippen LogP contribution in [-0.2, 0) is 0 Å². The van der Waals surface area contributed by atoms with Crippen LogP contribution in [0.3, 0.4) is 0 Å². The van der Waals surface area contributed by atoms with Gasteiger partial charge < -0.3 is 10.4 Å². The van der Waals surface area contributed by atoms with Crippen molar-refractivity contribution in [3.05, 3.63) is 65.7 Å². The number of carbonyl (C=O) groups excluding carboxylic acids is 1. The molecule has 1 aliphatic heterocycles. The quantitative estimate of drug-likeness (QED) is 0.889. The van der Waals surface area contributed by atoms with Crippen LogP contribution >= 0.6 is 0 Å². The first-order valence-electron chi connectivity index (χ1n) is 8.06. The molecule has 3 rings (SSSR count). The van der Waals surface area contributed by atoms with Crippen molar-refractivity contribution >= 4 is 17.3 Å². The molecule has 5 nitrogen and oxygen atoms in total. The molecule has 0 fully saturated rings. The summed E-state index contributed by atoms with van der Waals surface area (Å²) in [6.45, 7) is 3.07. The van der Waals surface area contributed by atoms with Gasteiger partial charge in [0, 0.05) is 30.8 Å². The fourth-order valence-electron chi connectivity index (χ4n) is 2.63. The van der Waals surface area contributed by atoms with E-state index in [-0.39, 0.29) is 12.5 Å². The van der Waals surface area contributed by atoms with E-state index in [0.717, 1.165) is 29.9 Å². The van der Waals surface area contributed by atoms with Crippen LogP contribution in [0.4, 0.5) is 5.69 Å². The molecule has 1 aliphatic rings. The molecule has 0 saturated heterocycles. The highest BCUT2D eigenvalue weighted by Gasteiger charge is 2.14. The zero-order chi connectivity index (χ0) is 16.9. The summed E-state index contributed by atoms with van der Waals surface area (Å²) in [6.07, 6.45) is 0.260. The Bertz CT molecular complexity index is 726. The van der Waals surface area contributed by atoms with E-state index in [1.54, 1.807) is 12.1 Å². The molecule has 0 radical (unpaired) electrons. The molecule has 1 heterocycles. The van der Waals surface area contributed by atoms with Crippen LogP contribution in [0.1, 0.15) is 35.4 Å². The van der Waals surface area contributed by atoms with E-state index in [4.69, 9.17) is 0 Å². The van der Waals surface area contributed by atoms with E-state index in [0.29, 0.717) is 5.56 Å². The molecular weight excluding hydrogens is 302 g/mol. The lowest BCUT2D eigenvalue weighted by molar-refractivity contribution is 0.0916. The van der Waals surface area contributed by atoms with Gasteiger partial charge in [0.2, 0.25) is 0 Å². The van der Waals surface area contributed by atoms with Gasteiger partial charge in [0.15, 0.2) is 0 Å².